The van der Waals surface area contributed by atoms with Gasteiger partial charge in [-0.05, 0) is 45.2 Å². The Morgan fingerprint density at radius 2 is 2.00 bits per heavy atom. The topological polar surface area (TPSA) is 72.2 Å². The molecule has 0 saturated heterocycles. The van der Waals surface area contributed by atoms with Crippen molar-refractivity contribution >= 4 is 23.4 Å². The van der Waals surface area contributed by atoms with E-state index in [9.17, 15) is 4.79 Å². The van der Waals surface area contributed by atoms with Crippen LogP contribution in [0.3, 0.4) is 0 Å². The van der Waals surface area contributed by atoms with Crippen molar-refractivity contribution in [2.75, 3.05) is 5.75 Å². The monoisotopic (exact) mass is 369 g/mol. The van der Waals surface area contributed by atoms with Gasteiger partial charge in [0.15, 0.2) is 5.16 Å². The lowest BCUT2D eigenvalue weighted by molar-refractivity contribution is -0.119. The summed E-state index contributed by atoms with van der Waals surface area (Å²) in [6.45, 7) is 5.95. The van der Waals surface area contributed by atoms with Crippen LogP contribution in [0.1, 0.15) is 30.3 Å². The lowest BCUT2D eigenvalue weighted by Crippen LogP contribution is -2.34. The lowest BCUT2D eigenvalue weighted by Gasteiger charge is -2.13. The lowest BCUT2D eigenvalue weighted by atomic mass is 10.1. The summed E-state index contributed by atoms with van der Waals surface area (Å²) < 4.78 is 1.88. The molecule has 136 valence electrons. The highest BCUT2D eigenvalue weighted by Crippen LogP contribution is 2.18. The van der Waals surface area contributed by atoms with Crippen molar-refractivity contribution in [3.8, 4) is 0 Å². The van der Waals surface area contributed by atoms with Crippen LogP contribution in [0, 0.1) is 13.8 Å². The maximum absolute atomic E-state index is 12.2. The minimum absolute atomic E-state index is 0.00466. The molecule has 0 saturated carbocycles. The predicted molar refractivity (Wildman–Crippen MR) is 103 cm³/mol. The molecule has 0 fully saturated rings. The summed E-state index contributed by atoms with van der Waals surface area (Å²) in [6, 6.07) is 12.4. The molecule has 0 spiro atoms. The van der Waals surface area contributed by atoms with Gasteiger partial charge in [0, 0.05) is 17.4 Å². The van der Waals surface area contributed by atoms with Gasteiger partial charge < -0.3 is 5.32 Å². The second-order valence-electron chi connectivity index (χ2n) is 6.44. The third-order valence-corrected chi connectivity index (χ3v) is 5.04. The summed E-state index contributed by atoms with van der Waals surface area (Å²) in [4.78, 5) is 16.6. The molecule has 0 unspecified atom stereocenters. The molecule has 1 N–H and O–H groups in total. The van der Waals surface area contributed by atoms with Crippen LogP contribution >= 0.6 is 11.8 Å². The van der Waals surface area contributed by atoms with Crippen molar-refractivity contribution in [2.24, 2.45) is 0 Å². The van der Waals surface area contributed by atoms with Gasteiger partial charge in [-0.25, -0.2) is 4.98 Å². The van der Waals surface area contributed by atoms with Crippen molar-refractivity contribution in [1.82, 2.24) is 24.9 Å². The number of amides is 1. The number of nitrogens with one attached hydrogen (secondary N) is 1. The first-order valence-electron chi connectivity index (χ1n) is 8.68. The number of rotatable bonds is 7. The van der Waals surface area contributed by atoms with Gasteiger partial charge in [0.25, 0.3) is 5.78 Å². The standard InChI is InChI=1S/C19H23N5OS/c1-13(9-10-16-7-5-4-6-8-16)20-17(25)12-26-19-23-22-18-21-14(2)11-15(3)24(18)19/h4-8,11,13H,9-10,12H2,1-3H3,(H,20,25)/t13-/m0/s1. The molecule has 0 aliphatic rings. The third-order valence-electron chi connectivity index (χ3n) is 4.11. The highest BCUT2D eigenvalue weighted by atomic mass is 32.2. The summed E-state index contributed by atoms with van der Waals surface area (Å²) in [6.07, 6.45) is 1.87. The SMILES string of the molecule is Cc1cc(C)n2c(SCC(=O)N[C@@H](C)CCc3ccccc3)nnc2n1. The Kier molecular flexibility index (Phi) is 5.88. The largest absolute Gasteiger partial charge is 0.353 e. The molecule has 2 heterocycles. The molecule has 26 heavy (non-hydrogen) atoms. The van der Waals surface area contributed by atoms with Crippen molar-refractivity contribution in [3.63, 3.8) is 0 Å². The van der Waals surface area contributed by atoms with Crippen molar-refractivity contribution in [1.29, 1.82) is 0 Å². The average molecular weight is 369 g/mol. The van der Waals surface area contributed by atoms with E-state index < -0.39 is 0 Å². The van der Waals surface area contributed by atoms with Crippen LogP contribution in [-0.4, -0.2) is 37.3 Å². The number of benzene rings is 1. The fourth-order valence-corrected chi connectivity index (χ4v) is 3.64. The fourth-order valence-electron chi connectivity index (χ4n) is 2.84. The molecular formula is C19H23N5OS. The van der Waals surface area contributed by atoms with E-state index in [-0.39, 0.29) is 11.9 Å². The molecule has 2 aromatic heterocycles. The number of hydrogen-bond donors (Lipinski definition) is 1. The van der Waals surface area contributed by atoms with Gasteiger partial charge in [-0.1, -0.05) is 42.1 Å². The number of thioether (sulfide) groups is 1. The Bertz CT molecular complexity index is 894. The third kappa shape index (κ3) is 4.60. The number of aryl methyl sites for hydroxylation is 3. The Morgan fingerprint density at radius 1 is 1.23 bits per heavy atom. The minimum Gasteiger partial charge on any atom is -0.353 e. The summed E-state index contributed by atoms with van der Waals surface area (Å²) >= 11 is 1.38. The van der Waals surface area contributed by atoms with Crippen LogP contribution in [0.5, 0.6) is 0 Å². The predicted octanol–water partition coefficient (Wildman–Crippen LogP) is 2.97. The number of fused-ring (bicyclic) bond motifs is 1. The molecule has 3 aromatic rings. The smallest absolute Gasteiger partial charge is 0.256 e. The highest BCUT2D eigenvalue weighted by Gasteiger charge is 2.13. The van der Waals surface area contributed by atoms with Gasteiger partial charge in [-0.15, -0.1) is 10.2 Å². The van der Waals surface area contributed by atoms with Crippen molar-refractivity contribution in [2.45, 2.75) is 44.8 Å². The van der Waals surface area contributed by atoms with Crippen molar-refractivity contribution in [3.05, 3.63) is 53.3 Å². The second-order valence-corrected chi connectivity index (χ2v) is 7.38. The van der Waals surface area contributed by atoms with Gasteiger partial charge in [0.1, 0.15) is 0 Å². The van der Waals surface area contributed by atoms with Crippen LogP contribution in [0.2, 0.25) is 0 Å². The van der Waals surface area contributed by atoms with Crippen LogP contribution < -0.4 is 5.32 Å². The Balaban J connectivity index is 1.51. The first kappa shape index (κ1) is 18.4. The maximum atomic E-state index is 12.2. The summed E-state index contributed by atoms with van der Waals surface area (Å²) in [5.74, 6) is 0.885. The minimum atomic E-state index is 0.00466. The maximum Gasteiger partial charge on any atom is 0.256 e. The molecule has 0 radical (unpaired) electrons. The zero-order valence-electron chi connectivity index (χ0n) is 15.3. The van der Waals surface area contributed by atoms with Gasteiger partial charge in [-0.2, -0.15) is 0 Å². The van der Waals surface area contributed by atoms with E-state index in [0.717, 1.165) is 24.2 Å². The van der Waals surface area contributed by atoms with Crippen molar-refractivity contribution < 1.29 is 4.79 Å². The Labute approximate surface area is 157 Å². The highest BCUT2D eigenvalue weighted by molar-refractivity contribution is 7.99. The van der Waals surface area contributed by atoms with E-state index in [4.69, 9.17) is 0 Å². The van der Waals surface area contributed by atoms with Crippen LogP contribution in [0.4, 0.5) is 0 Å². The van der Waals surface area contributed by atoms with Gasteiger partial charge in [0.05, 0.1) is 5.75 Å². The number of carbonyl (C=O) groups excluding carboxylic acids is 1. The molecular weight excluding hydrogens is 346 g/mol. The van der Waals surface area contributed by atoms with Crippen LogP contribution in [0.25, 0.3) is 5.78 Å². The number of nitrogens with zero attached hydrogens (tertiary/aromatic N) is 4. The van der Waals surface area contributed by atoms with E-state index in [0.29, 0.717) is 16.7 Å². The zero-order valence-corrected chi connectivity index (χ0v) is 16.1. The normalized spacial score (nSPS) is 12.3. The summed E-state index contributed by atoms with van der Waals surface area (Å²) in [5, 5.41) is 12.0. The fraction of sp³-hybridized carbons (Fsp3) is 0.368. The number of hydrogen-bond acceptors (Lipinski definition) is 5. The zero-order chi connectivity index (χ0) is 18.5. The molecule has 1 amide bonds. The first-order valence-corrected chi connectivity index (χ1v) is 9.67. The molecule has 1 atom stereocenters. The van der Waals surface area contributed by atoms with E-state index in [1.165, 1.54) is 17.3 Å². The number of aromatic nitrogens is 4. The molecule has 6 nitrogen and oxygen atoms in total. The summed E-state index contributed by atoms with van der Waals surface area (Å²) in [5.41, 5.74) is 3.21. The van der Waals surface area contributed by atoms with Crippen LogP contribution in [0.15, 0.2) is 41.6 Å². The van der Waals surface area contributed by atoms with Gasteiger partial charge in [0.2, 0.25) is 5.91 Å². The van der Waals surface area contributed by atoms with E-state index in [1.54, 1.807) is 0 Å². The molecule has 3 rings (SSSR count). The molecule has 0 aliphatic heterocycles. The Morgan fingerprint density at radius 3 is 2.77 bits per heavy atom. The molecule has 0 aliphatic carbocycles. The first-order chi connectivity index (χ1) is 12.5. The quantitative estimate of drug-likeness (QED) is 0.648. The van der Waals surface area contributed by atoms with E-state index in [1.807, 2.05) is 49.4 Å². The van der Waals surface area contributed by atoms with Gasteiger partial charge in [-0.3, -0.25) is 9.20 Å². The van der Waals surface area contributed by atoms with E-state index in [2.05, 4.69) is 32.6 Å². The average Bonchev–Trinajstić information content (AvgIpc) is 3.02. The molecule has 7 heteroatoms. The molecule has 1 aromatic carbocycles. The molecule has 0 bridgehead atoms. The summed E-state index contributed by atoms with van der Waals surface area (Å²) in [7, 11) is 0. The number of carbonyl (C=O) groups is 1. The van der Waals surface area contributed by atoms with Gasteiger partial charge >= 0.3 is 0 Å². The Hall–Kier alpha value is -2.41. The second kappa shape index (κ2) is 8.31. The van der Waals surface area contributed by atoms with Crippen LogP contribution in [-0.2, 0) is 11.2 Å². The van der Waals surface area contributed by atoms with E-state index >= 15 is 0 Å².